The first-order chi connectivity index (χ1) is 12.7. The summed E-state index contributed by atoms with van der Waals surface area (Å²) in [6.45, 7) is 2.04. The van der Waals surface area contributed by atoms with Crippen LogP contribution in [-0.2, 0) is 10.1 Å². The summed E-state index contributed by atoms with van der Waals surface area (Å²) in [5.41, 5.74) is 6.26. The predicted molar refractivity (Wildman–Crippen MR) is 102 cm³/mol. The summed E-state index contributed by atoms with van der Waals surface area (Å²) in [6, 6.07) is 6.46. The molecule has 0 radical (unpaired) electrons. The number of carbonyl (C=O) groups is 1. The Hall–Kier alpha value is -2.88. The maximum atomic E-state index is 11.6. The largest absolute Gasteiger partial charge is 0.383 e. The van der Waals surface area contributed by atoms with Crippen molar-refractivity contribution in [2.24, 2.45) is 11.7 Å². The topological polar surface area (TPSA) is 136 Å². The van der Waals surface area contributed by atoms with Crippen molar-refractivity contribution in [3.8, 4) is 5.75 Å². The van der Waals surface area contributed by atoms with Crippen LogP contribution in [0.4, 0.5) is 17.5 Å². The summed E-state index contributed by atoms with van der Waals surface area (Å²) in [5, 5.41) is 6.24. The minimum absolute atomic E-state index is 0.179. The van der Waals surface area contributed by atoms with E-state index in [2.05, 4.69) is 20.6 Å². The number of amides is 1. The van der Waals surface area contributed by atoms with Gasteiger partial charge in [0.2, 0.25) is 5.95 Å². The molecule has 9 nitrogen and oxygen atoms in total. The molecule has 27 heavy (non-hydrogen) atoms. The zero-order chi connectivity index (χ0) is 19.6. The van der Waals surface area contributed by atoms with Gasteiger partial charge in [-0.15, -0.1) is 0 Å². The molecule has 10 heteroatoms. The molecule has 1 unspecified atom stereocenters. The Balaban J connectivity index is 1.77. The highest BCUT2D eigenvalue weighted by Crippen LogP contribution is 2.34. The van der Waals surface area contributed by atoms with Crippen molar-refractivity contribution in [2.75, 3.05) is 16.9 Å². The molecule has 0 spiro atoms. The zero-order valence-corrected chi connectivity index (χ0v) is 15.8. The molecule has 1 atom stereocenters. The van der Waals surface area contributed by atoms with Crippen LogP contribution < -0.4 is 20.6 Å². The number of hydrogen-bond donors (Lipinski definition) is 3. The molecule has 1 fully saturated rings. The number of aromatic nitrogens is 2. The average Bonchev–Trinajstić information content (AvgIpc) is 3.40. The van der Waals surface area contributed by atoms with E-state index in [-0.39, 0.29) is 23.3 Å². The highest BCUT2D eigenvalue weighted by Gasteiger charge is 2.29. The number of primary amides is 1. The van der Waals surface area contributed by atoms with E-state index >= 15 is 0 Å². The van der Waals surface area contributed by atoms with Gasteiger partial charge in [-0.1, -0.05) is 0 Å². The van der Waals surface area contributed by atoms with E-state index in [1.807, 2.05) is 6.92 Å². The zero-order valence-electron chi connectivity index (χ0n) is 15.0. The predicted octanol–water partition coefficient (Wildman–Crippen LogP) is 1.87. The van der Waals surface area contributed by atoms with Crippen molar-refractivity contribution in [3.63, 3.8) is 0 Å². The van der Waals surface area contributed by atoms with Gasteiger partial charge in [0, 0.05) is 17.9 Å². The number of carbonyl (C=O) groups excluding carboxylic acids is 1. The molecule has 0 aliphatic heterocycles. The second kappa shape index (κ2) is 7.39. The van der Waals surface area contributed by atoms with Crippen LogP contribution in [0.2, 0.25) is 0 Å². The molecule has 1 amide bonds. The van der Waals surface area contributed by atoms with Gasteiger partial charge in [-0.3, -0.25) is 4.79 Å². The van der Waals surface area contributed by atoms with Crippen LogP contribution in [0.1, 0.15) is 30.1 Å². The molecule has 0 bridgehead atoms. The highest BCUT2D eigenvalue weighted by atomic mass is 32.2. The third-order valence-corrected chi connectivity index (χ3v) is 4.60. The SMILES string of the molecule is CC(Nc1nc(Nc2ccc(OS(C)(=O)=O)cc2)ncc1C(N)=O)C1CC1. The Labute approximate surface area is 157 Å². The maximum Gasteiger partial charge on any atom is 0.306 e. The van der Waals surface area contributed by atoms with Crippen LogP contribution in [0.5, 0.6) is 5.75 Å². The van der Waals surface area contributed by atoms with Crippen LogP contribution in [0.15, 0.2) is 30.5 Å². The highest BCUT2D eigenvalue weighted by molar-refractivity contribution is 7.86. The van der Waals surface area contributed by atoms with E-state index < -0.39 is 16.0 Å². The summed E-state index contributed by atoms with van der Waals surface area (Å²) < 4.78 is 27.1. The molecule has 1 saturated carbocycles. The van der Waals surface area contributed by atoms with Gasteiger partial charge in [0.05, 0.1) is 11.8 Å². The second-order valence-electron chi connectivity index (χ2n) is 6.53. The molecular formula is C17H21N5O4S. The van der Waals surface area contributed by atoms with Gasteiger partial charge in [-0.25, -0.2) is 4.98 Å². The van der Waals surface area contributed by atoms with Gasteiger partial charge >= 0.3 is 10.1 Å². The molecule has 0 saturated heterocycles. The number of nitrogens with one attached hydrogen (secondary N) is 2. The molecule has 1 aliphatic rings. The first kappa shape index (κ1) is 18.9. The van der Waals surface area contributed by atoms with Crippen LogP contribution >= 0.6 is 0 Å². The monoisotopic (exact) mass is 391 g/mol. The van der Waals surface area contributed by atoms with E-state index in [1.165, 1.54) is 18.3 Å². The van der Waals surface area contributed by atoms with E-state index in [0.717, 1.165) is 19.1 Å². The van der Waals surface area contributed by atoms with Gasteiger partial charge < -0.3 is 20.6 Å². The second-order valence-corrected chi connectivity index (χ2v) is 8.10. The van der Waals surface area contributed by atoms with Crippen molar-refractivity contribution in [1.82, 2.24) is 9.97 Å². The fourth-order valence-electron chi connectivity index (χ4n) is 2.56. The van der Waals surface area contributed by atoms with E-state index in [9.17, 15) is 13.2 Å². The van der Waals surface area contributed by atoms with E-state index in [1.54, 1.807) is 12.1 Å². The Morgan fingerprint density at radius 1 is 1.30 bits per heavy atom. The van der Waals surface area contributed by atoms with Crippen molar-refractivity contribution in [3.05, 3.63) is 36.0 Å². The molecule has 1 aromatic heterocycles. The Morgan fingerprint density at radius 2 is 1.96 bits per heavy atom. The number of nitrogens with zero attached hydrogens (tertiary/aromatic N) is 2. The third kappa shape index (κ3) is 5.30. The van der Waals surface area contributed by atoms with Crippen LogP contribution in [0, 0.1) is 5.92 Å². The van der Waals surface area contributed by atoms with Crippen molar-refractivity contribution in [1.29, 1.82) is 0 Å². The summed E-state index contributed by atoms with van der Waals surface area (Å²) in [6.07, 6.45) is 4.65. The molecule has 1 aromatic carbocycles. The summed E-state index contributed by atoms with van der Waals surface area (Å²) in [4.78, 5) is 20.1. The molecular weight excluding hydrogens is 370 g/mol. The van der Waals surface area contributed by atoms with Crippen LogP contribution in [-0.4, -0.2) is 36.6 Å². The number of nitrogens with two attached hydrogens (primary N) is 1. The summed E-state index contributed by atoms with van der Waals surface area (Å²) in [7, 11) is -3.58. The summed E-state index contributed by atoms with van der Waals surface area (Å²) in [5.74, 6) is 0.834. The van der Waals surface area contributed by atoms with E-state index in [0.29, 0.717) is 17.4 Å². The quantitative estimate of drug-likeness (QED) is 0.580. The maximum absolute atomic E-state index is 11.6. The number of benzene rings is 1. The summed E-state index contributed by atoms with van der Waals surface area (Å²) >= 11 is 0. The molecule has 4 N–H and O–H groups in total. The van der Waals surface area contributed by atoms with Gasteiger partial charge in [-0.2, -0.15) is 13.4 Å². The van der Waals surface area contributed by atoms with Gasteiger partial charge in [0.15, 0.2) is 0 Å². The number of rotatable bonds is 8. The average molecular weight is 391 g/mol. The lowest BCUT2D eigenvalue weighted by Crippen LogP contribution is -2.23. The standard InChI is InChI=1S/C17H21N5O4S/c1-10(11-3-4-11)20-16-14(15(18)23)9-19-17(22-16)21-12-5-7-13(8-6-12)26-27(2,24)25/h5-11H,3-4H2,1-2H3,(H2,18,23)(H2,19,20,21,22). The molecule has 144 valence electrons. The lowest BCUT2D eigenvalue weighted by Gasteiger charge is -2.16. The van der Waals surface area contributed by atoms with E-state index in [4.69, 9.17) is 9.92 Å². The van der Waals surface area contributed by atoms with Crippen LogP contribution in [0.25, 0.3) is 0 Å². The molecule has 2 aromatic rings. The van der Waals surface area contributed by atoms with Crippen molar-refractivity contribution < 1.29 is 17.4 Å². The van der Waals surface area contributed by atoms with Crippen molar-refractivity contribution in [2.45, 2.75) is 25.8 Å². The third-order valence-electron chi connectivity index (χ3n) is 4.11. The minimum atomic E-state index is -3.58. The van der Waals surface area contributed by atoms with Gasteiger partial charge in [-0.05, 0) is 49.9 Å². The fraction of sp³-hybridized carbons (Fsp3) is 0.353. The number of anilines is 3. The molecule has 3 rings (SSSR count). The van der Waals surface area contributed by atoms with Gasteiger partial charge in [0.25, 0.3) is 5.91 Å². The first-order valence-electron chi connectivity index (χ1n) is 8.41. The van der Waals surface area contributed by atoms with Crippen LogP contribution in [0.3, 0.4) is 0 Å². The lowest BCUT2D eigenvalue weighted by molar-refractivity contribution is 0.100. The normalized spacial score (nSPS) is 15.0. The molecule has 1 aliphatic carbocycles. The number of hydrogen-bond acceptors (Lipinski definition) is 8. The first-order valence-corrected chi connectivity index (χ1v) is 10.2. The Morgan fingerprint density at radius 3 is 2.52 bits per heavy atom. The molecule has 1 heterocycles. The lowest BCUT2D eigenvalue weighted by atomic mass is 10.2. The minimum Gasteiger partial charge on any atom is -0.383 e. The van der Waals surface area contributed by atoms with Crippen molar-refractivity contribution >= 4 is 33.5 Å². The fourth-order valence-corrected chi connectivity index (χ4v) is 3.02. The Kier molecular flexibility index (Phi) is 5.17. The smallest absolute Gasteiger partial charge is 0.306 e. The van der Waals surface area contributed by atoms with Gasteiger partial charge in [0.1, 0.15) is 11.6 Å². The Bertz CT molecular complexity index is 942.